The lowest BCUT2D eigenvalue weighted by atomic mass is 10.3. The molecular formula is C11H20N2O2. The van der Waals surface area contributed by atoms with Crippen LogP contribution in [0.15, 0.2) is 0 Å². The smallest absolute Gasteiger partial charge is 0.236 e. The van der Waals surface area contributed by atoms with Crippen LogP contribution in [0.5, 0.6) is 0 Å². The second kappa shape index (κ2) is 4.94. The molecule has 86 valence electrons. The predicted molar refractivity (Wildman–Crippen MR) is 57.6 cm³/mol. The molecule has 0 aromatic rings. The van der Waals surface area contributed by atoms with E-state index in [2.05, 4.69) is 5.32 Å². The highest BCUT2D eigenvalue weighted by molar-refractivity contribution is 5.78. The van der Waals surface area contributed by atoms with Crippen molar-refractivity contribution < 1.29 is 9.53 Å². The number of nitrogens with one attached hydrogen (secondary N) is 1. The number of carbonyl (C=O) groups excluding carboxylic acids is 1. The first kappa shape index (κ1) is 10.9. The summed E-state index contributed by atoms with van der Waals surface area (Å²) in [5.41, 5.74) is 0. The van der Waals surface area contributed by atoms with Gasteiger partial charge in [0.25, 0.3) is 0 Å². The van der Waals surface area contributed by atoms with Gasteiger partial charge >= 0.3 is 0 Å². The average Bonchev–Trinajstić information content (AvgIpc) is 2.94. The molecule has 2 rings (SSSR count). The third-order valence-electron chi connectivity index (χ3n) is 3.24. The van der Waals surface area contributed by atoms with Gasteiger partial charge in [-0.05, 0) is 31.7 Å². The van der Waals surface area contributed by atoms with Crippen LogP contribution in [0.3, 0.4) is 0 Å². The van der Waals surface area contributed by atoms with Crippen LogP contribution in [0, 0.1) is 5.92 Å². The van der Waals surface area contributed by atoms with Crippen molar-refractivity contribution in [2.45, 2.75) is 25.4 Å². The topological polar surface area (TPSA) is 41.6 Å². The standard InChI is InChI=1S/C11H20N2O2/c1-15-10-4-5-13(8-10)11(14)7-12-6-9-2-3-9/h9-10,12H,2-8H2,1H3/t10-/m0/s1. The molecule has 1 saturated heterocycles. The van der Waals surface area contributed by atoms with Crippen molar-refractivity contribution >= 4 is 5.91 Å². The summed E-state index contributed by atoms with van der Waals surface area (Å²) in [5.74, 6) is 1.05. The zero-order valence-electron chi connectivity index (χ0n) is 9.37. The van der Waals surface area contributed by atoms with Crippen molar-refractivity contribution in [2.75, 3.05) is 33.3 Å². The molecule has 1 N–H and O–H groups in total. The Morgan fingerprint density at radius 3 is 2.87 bits per heavy atom. The van der Waals surface area contributed by atoms with Crippen LogP contribution in [0.2, 0.25) is 0 Å². The molecule has 1 heterocycles. The summed E-state index contributed by atoms with van der Waals surface area (Å²) in [4.78, 5) is 13.6. The van der Waals surface area contributed by atoms with E-state index < -0.39 is 0 Å². The third-order valence-corrected chi connectivity index (χ3v) is 3.24. The van der Waals surface area contributed by atoms with Crippen LogP contribution in [0.1, 0.15) is 19.3 Å². The maximum atomic E-state index is 11.7. The van der Waals surface area contributed by atoms with E-state index in [4.69, 9.17) is 4.74 Å². The van der Waals surface area contributed by atoms with E-state index in [0.29, 0.717) is 6.54 Å². The molecule has 0 aromatic carbocycles. The molecule has 1 aliphatic heterocycles. The zero-order valence-corrected chi connectivity index (χ0v) is 9.37. The van der Waals surface area contributed by atoms with Crippen LogP contribution < -0.4 is 5.32 Å². The second-order valence-electron chi connectivity index (χ2n) is 4.56. The number of methoxy groups -OCH3 is 1. The Morgan fingerprint density at radius 1 is 1.47 bits per heavy atom. The Morgan fingerprint density at radius 2 is 2.27 bits per heavy atom. The highest BCUT2D eigenvalue weighted by Gasteiger charge is 2.26. The van der Waals surface area contributed by atoms with E-state index >= 15 is 0 Å². The van der Waals surface area contributed by atoms with Gasteiger partial charge in [0.1, 0.15) is 0 Å². The zero-order chi connectivity index (χ0) is 10.7. The number of amides is 1. The molecule has 0 unspecified atom stereocenters. The van der Waals surface area contributed by atoms with Crippen molar-refractivity contribution in [3.63, 3.8) is 0 Å². The minimum absolute atomic E-state index is 0.218. The first-order valence-electron chi connectivity index (χ1n) is 5.81. The maximum absolute atomic E-state index is 11.7. The van der Waals surface area contributed by atoms with Crippen molar-refractivity contribution in [1.29, 1.82) is 0 Å². The Balaban J connectivity index is 1.62. The van der Waals surface area contributed by atoms with E-state index in [1.54, 1.807) is 7.11 Å². The summed E-state index contributed by atoms with van der Waals surface area (Å²) in [6.07, 6.45) is 3.88. The van der Waals surface area contributed by atoms with Crippen LogP contribution in [0.25, 0.3) is 0 Å². The van der Waals surface area contributed by atoms with Gasteiger partial charge < -0.3 is 15.0 Å². The van der Waals surface area contributed by atoms with Crippen LogP contribution in [-0.4, -0.2) is 50.2 Å². The van der Waals surface area contributed by atoms with E-state index in [1.165, 1.54) is 12.8 Å². The summed E-state index contributed by atoms with van der Waals surface area (Å²) >= 11 is 0. The van der Waals surface area contributed by atoms with Crippen LogP contribution in [-0.2, 0) is 9.53 Å². The van der Waals surface area contributed by atoms with Gasteiger partial charge in [-0.1, -0.05) is 0 Å². The molecule has 2 aliphatic rings. The summed E-state index contributed by atoms with van der Waals surface area (Å²) in [5, 5.41) is 3.22. The van der Waals surface area contributed by atoms with Gasteiger partial charge in [-0.25, -0.2) is 0 Å². The van der Waals surface area contributed by atoms with Crippen molar-refractivity contribution in [3.05, 3.63) is 0 Å². The Bertz CT molecular complexity index is 229. The predicted octanol–water partition coefficient (Wildman–Crippen LogP) is 0.233. The molecule has 1 amide bonds. The molecule has 0 radical (unpaired) electrons. The van der Waals surface area contributed by atoms with Crippen molar-refractivity contribution in [2.24, 2.45) is 5.92 Å². The van der Waals surface area contributed by atoms with Gasteiger partial charge in [0, 0.05) is 20.2 Å². The molecule has 0 bridgehead atoms. The quantitative estimate of drug-likeness (QED) is 0.709. The lowest BCUT2D eigenvalue weighted by Gasteiger charge is -2.16. The summed E-state index contributed by atoms with van der Waals surface area (Å²) in [7, 11) is 1.71. The van der Waals surface area contributed by atoms with Crippen molar-refractivity contribution in [1.82, 2.24) is 10.2 Å². The lowest BCUT2D eigenvalue weighted by Crippen LogP contribution is -2.37. The number of hydrogen-bond donors (Lipinski definition) is 1. The van der Waals surface area contributed by atoms with Gasteiger partial charge in [-0.3, -0.25) is 4.79 Å². The van der Waals surface area contributed by atoms with E-state index in [1.807, 2.05) is 4.90 Å². The fraction of sp³-hybridized carbons (Fsp3) is 0.909. The number of carbonyl (C=O) groups is 1. The molecule has 1 atom stereocenters. The summed E-state index contributed by atoms with van der Waals surface area (Å²) in [6, 6.07) is 0. The largest absolute Gasteiger partial charge is 0.380 e. The van der Waals surface area contributed by atoms with Crippen LogP contribution >= 0.6 is 0 Å². The summed E-state index contributed by atoms with van der Waals surface area (Å²) < 4.78 is 5.23. The fourth-order valence-corrected chi connectivity index (χ4v) is 1.96. The summed E-state index contributed by atoms with van der Waals surface area (Å²) in [6.45, 7) is 3.11. The Hall–Kier alpha value is -0.610. The Kier molecular flexibility index (Phi) is 3.59. The second-order valence-corrected chi connectivity index (χ2v) is 4.56. The normalized spacial score (nSPS) is 25.9. The third kappa shape index (κ3) is 3.18. The van der Waals surface area contributed by atoms with Gasteiger partial charge in [-0.2, -0.15) is 0 Å². The molecule has 0 aromatic heterocycles. The monoisotopic (exact) mass is 212 g/mol. The molecule has 1 saturated carbocycles. The SMILES string of the molecule is CO[C@H]1CCN(C(=O)CNCC2CC2)C1. The molecule has 1 aliphatic carbocycles. The Labute approximate surface area is 91.0 Å². The van der Waals surface area contributed by atoms with E-state index in [0.717, 1.165) is 32.0 Å². The minimum Gasteiger partial charge on any atom is -0.380 e. The fourth-order valence-electron chi connectivity index (χ4n) is 1.96. The van der Waals surface area contributed by atoms with Gasteiger partial charge in [0.2, 0.25) is 5.91 Å². The molecule has 2 fully saturated rings. The lowest BCUT2D eigenvalue weighted by molar-refractivity contribution is -0.129. The first-order valence-corrected chi connectivity index (χ1v) is 5.81. The van der Waals surface area contributed by atoms with Gasteiger partial charge in [0.15, 0.2) is 0 Å². The number of ether oxygens (including phenoxy) is 1. The first-order chi connectivity index (χ1) is 7.29. The minimum atomic E-state index is 0.218. The maximum Gasteiger partial charge on any atom is 0.236 e. The van der Waals surface area contributed by atoms with E-state index in [9.17, 15) is 4.79 Å². The number of hydrogen-bond acceptors (Lipinski definition) is 3. The molecule has 0 spiro atoms. The molecule has 4 nitrogen and oxygen atoms in total. The number of nitrogens with zero attached hydrogens (tertiary/aromatic N) is 1. The van der Waals surface area contributed by atoms with Gasteiger partial charge in [0.05, 0.1) is 12.6 Å². The highest BCUT2D eigenvalue weighted by atomic mass is 16.5. The number of likely N-dealkylation sites (tertiary alicyclic amines) is 1. The van der Waals surface area contributed by atoms with Gasteiger partial charge in [-0.15, -0.1) is 0 Å². The van der Waals surface area contributed by atoms with Crippen molar-refractivity contribution in [3.8, 4) is 0 Å². The molecular weight excluding hydrogens is 192 g/mol. The molecule has 4 heteroatoms. The number of rotatable bonds is 5. The van der Waals surface area contributed by atoms with E-state index in [-0.39, 0.29) is 12.0 Å². The highest BCUT2D eigenvalue weighted by Crippen LogP contribution is 2.27. The molecule has 15 heavy (non-hydrogen) atoms. The average molecular weight is 212 g/mol. The van der Waals surface area contributed by atoms with Crippen LogP contribution in [0.4, 0.5) is 0 Å².